The van der Waals surface area contributed by atoms with Gasteiger partial charge in [-0.15, -0.1) is 0 Å². The Morgan fingerprint density at radius 3 is 2.11 bits per heavy atom. The van der Waals surface area contributed by atoms with E-state index in [0.717, 1.165) is 17.4 Å². The van der Waals surface area contributed by atoms with Crippen LogP contribution in [0.5, 0.6) is 0 Å². The maximum absolute atomic E-state index is 12.8. The highest BCUT2D eigenvalue weighted by atomic mass is 32.2. The summed E-state index contributed by atoms with van der Waals surface area (Å²) in [5.41, 5.74) is 4.07. The van der Waals surface area contributed by atoms with Gasteiger partial charge in [-0.05, 0) is 61.6 Å². The maximum atomic E-state index is 12.8. The number of benzene rings is 2. The molecule has 2 aromatic rings. The smallest absolute Gasteiger partial charge is 0.247 e. The van der Waals surface area contributed by atoms with Crippen molar-refractivity contribution in [2.24, 2.45) is 0 Å². The van der Waals surface area contributed by atoms with Gasteiger partial charge in [-0.1, -0.05) is 38.1 Å². The van der Waals surface area contributed by atoms with Gasteiger partial charge >= 0.3 is 0 Å². The molecule has 0 saturated heterocycles. The number of anilines is 2. The number of nitrogens with one attached hydrogen (secondary N) is 1. The Bertz CT molecular complexity index is 919. The Balaban J connectivity index is 2.31. The molecule has 1 unspecified atom stereocenters. The number of amides is 1. The van der Waals surface area contributed by atoms with Crippen LogP contribution in [0, 0.1) is 13.8 Å². The highest BCUT2D eigenvalue weighted by Gasteiger charge is 2.30. The predicted molar refractivity (Wildman–Crippen MR) is 112 cm³/mol. The van der Waals surface area contributed by atoms with Gasteiger partial charge in [0.15, 0.2) is 0 Å². The molecule has 0 saturated carbocycles. The third-order valence-corrected chi connectivity index (χ3v) is 5.76. The van der Waals surface area contributed by atoms with E-state index in [1.165, 1.54) is 9.87 Å². The number of rotatable bonds is 6. The Kier molecular flexibility index (Phi) is 6.31. The molecular weight excluding hydrogens is 360 g/mol. The summed E-state index contributed by atoms with van der Waals surface area (Å²) in [6.07, 6.45) is 1.12. The number of hydrogen-bond acceptors (Lipinski definition) is 3. The Morgan fingerprint density at radius 1 is 1.00 bits per heavy atom. The number of aryl methyl sites for hydroxylation is 2. The van der Waals surface area contributed by atoms with Crippen molar-refractivity contribution in [2.45, 2.75) is 46.6 Å². The van der Waals surface area contributed by atoms with E-state index in [1.807, 2.05) is 50.2 Å². The topological polar surface area (TPSA) is 66.5 Å². The fourth-order valence-electron chi connectivity index (χ4n) is 2.94. The molecule has 0 aliphatic rings. The molecule has 27 heavy (non-hydrogen) atoms. The molecule has 0 fully saturated rings. The average molecular weight is 389 g/mol. The fourth-order valence-corrected chi connectivity index (χ4v) is 4.16. The first-order valence-corrected chi connectivity index (χ1v) is 10.8. The zero-order valence-electron chi connectivity index (χ0n) is 16.8. The maximum Gasteiger partial charge on any atom is 0.247 e. The Labute approximate surface area is 162 Å². The molecule has 1 N–H and O–H groups in total. The van der Waals surface area contributed by atoms with Crippen LogP contribution >= 0.6 is 0 Å². The van der Waals surface area contributed by atoms with Crippen molar-refractivity contribution in [1.82, 2.24) is 0 Å². The average Bonchev–Trinajstić information content (AvgIpc) is 2.57. The van der Waals surface area contributed by atoms with E-state index in [0.29, 0.717) is 17.3 Å². The summed E-state index contributed by atoms with van der Waals surface area (Å²) < 4.78 is 26.1. The van der Waals surface area contributed by atoms with Crippen molar-refractivity contribution in [3.05, 3.63) is 59.2 Å². The first kappa shape index (κ1) is 21.0. The number of hydrogen-bond donors (Lipinski definition) is 1. The van der Waals surface area contributed by atoms with Crippen molar-refractivity contribution in [3.8, 4) is 0 Å². The summed E-state index contributed by atoms with van der Waals surface area (Å²) in [6.45, 7) is 9.53. The van der Waals surface area contributed by atoms with E-state index in [4.69, 9.17) is 0 Å². The molecular formula is C21H28N2O3S. The lowest BCUT2D eigenvalue weighted by Gasteiger charge is -2.29. The van der Waals surface area contributed by atoms with Crippen molar-refractivity contribution in [3.63, 3.8) is 0 Å². The quantitative estimate of drug-likeness (QED) is 0.806. The molecule has 6 heteroatoms. The van der Waals surface area contributed by atoms with Gasteiger partial charge in [0.2, 0.25) is 15.9 Å². The molecule has 0 aliphatic carbocycles. The molecule has 1 amide bonds. The summed E-state index contributed by atoms with van der Waals surface area (Å²) in [4.78, 5) is 12.8. The minimum Gasteiger partial charge on any atom is -0.324 e. The molecule has 0 radical (unpaired) electrons. The van der Waals surface area contributed by atoms with Gasteiger partial charge in [0.1, 0.15) is 6.04 Å². The summed E-state index contributed by atoms with van der Waals surface area (Å²) in [7, 11) is -3.64. The van der Waals surface area contributed by atoms with Gasteiger partial charge in [0, 0.05) is 5.69 Å². The SMILES string of the molecule is Cc1ccc(C)c(N(C(C)C(=O)Nc2ccc(C(C)C)cc2)S(C)(=O)=O)c1. The lowest BCUT2D eigenvalue weighted by molar-refractivity contribution is -0.116. The second-order valence-electron chi connectivity index (χ2n) is 7.29. The van der Waals surface area contributed by atoms with Gasteiger partial charge in [-0.3, -0.25) is 9.10 Å². The van der Waals surface area contributed by atoms with Crippen molar-refractivity contribution >= 4 is 27.3 Å². The highest BCUT2D eigenvalue weighted by molar-refractivity contribution is 7.92. The summed E-state index contributed by atoms with van der Waals surface area (Å²) in [5, 5.41) is 2.82. The zero-order chi connectivity index (χ0) is 20.4. The van der Waals surface area contributed by atoms with Gasteiger partial charge < -0.3 is 5.32 Å². The Hall–Kier alpha value is -2.34. The van der Waals surface area contributed by atoms with E-state index < -0.39 is 16.1 Å². The summed E-state index contributed by atoms with van der Waals surface area (Å²) in [6, 6.07) is 12.3. The van der Waals surface area contributed by atoms with Crippen LogP contribution < -0.4 is 9.62 Å². The molecule has 0 aliphatic heterocycles. The lowest BCUT2D eigenvalue weighted by atomic mass is 10.0. The van der Waals surface area contributed by atoms with E-state index in [9.17, 15) is 13.2 Å². The van der Waals surface area contributed by atoms with Crippen LogP contribution in [0.15, 0.2) is 42.5 Å². The van der Waals surface area contributed by atoms with Crippen molar-refractivity contribution < 1.29 is 13.2 Å². The number of sulfonamides is 1. The second-order valence-corrected chi connectivity index (χ2v) is 9.15. The van der Waals surface area contributed by atoms with E-state index in [-0.39, 0.29) is 5.91 Å². The number of nitrogens with zero attached hydrogens (tertiary/aromatic N) is 1. The van der Waals surface area contributed by atoms with Crippen molar-refractivity contribution in [1.29, 1.82) is 0 Å². The summed E-state index contributed by atoms with van der Waals surface area (Å²) in [5.74, 6) is 0.0253. The van der Waals surface area contributed by atoms with Gasteiger partial charge in [-0.25, -0.2) is 8.42 Å². The van der Waals surface area contributed by atoms with Crippen LogP contribution in [-0.2, 0) is 14.8 Å². The standard InChI is InChI=1S/C21H28N2O3S/c1-14(2)18-9-11-19(12-10-18)22-21(24)17(5)23(27(6,25)26)20-13-15(3)7-8-16(20)4/h7-14,17H,1-6H3,(H,22,24). The van der Waals surface area contributed by atoms with Crippen molar-refractivity contribution in [2.75, 3.05) is 15.9 Å². The molecule has 0 heterocycles. The molecule has 5 nitrogen and oxygen atoms in total. The molecule has 1 atom stereocenters. The van der Waals surface area contributed by atoms with Crippen LogP contribution in [0.2, 0.25) is 0 Å². The van der Waals surface area contributed by atoms with E-state index in [1.54, 1.807) is 13.0 Å². The third kappa shape index (κ3) is 5.10. The molecule has 0 aromatic heterocycles. The number of carbonyl (C=O) groups excluding carboxylic acids is 1. The highest BCUT2D eigenvalue weighted by Crippen LogP contribution is 2.27. The van der Waals surface area contributed by atoms with Crippen LogP contribution in [0.4, 0.5) is 11.4 Å². The first-order chi connectivity index (χ1) is 12.5. The second kappa shape index (κ2) is 8.13. The van der Waals surface area contributed by atoms with E-state index in [2.05, 4.69) is 19.2 Å². The monoisotopic (exact) mass is 388 g/mol. The molecule has 2 rings (SSSR count). The van der Waals surface area contributed by atoms with Crippen LogP contribution in [0.1, 0.15) is 43.4 Å². The fraction of sp³-hybridized carbons (Fsp3) is 0.381. The minimum atomic E-state index is -3.64. The normalized spacial score (nSPS) is 12.7. The largest absolute Gasteiger partial charge is 0.324 e. The summed E-state index contributed by atoms with van der Waals surface area (Å²) >= 11 is 0. The van der Waals surface area contributed by atoms with Crippen LogP contribution in [0.25, 0.3) is 0 Å². The van der Waals surface area contributed by atoms with Gasteiger partial charge in [0.05, 0.1) is 11.9 Å². The first-order valence-electron chi connectivity index (χ1n) is 8.98. The Morgan fingerprint density at radius 2 is 1.59 bits per heavy atom. The molecule has 2 aromatic carbocycles. The molecule has 0 spiro atoms. The van der Waals surface area contributed by atoms with Gasteiger partial charge in [0.25, 0.3) is 0 Å². The minimum absolute atomic E-state index is 0.376. The van der Waals surface area contributed by atoms with E-state index >= 15 is 0 Å². The zero-order valence-corrected chi connectivity index (χ0v) is 17.6. The molecule has 146 valence electrons. The predicted octanol–water partition coefficient (Wildman–Crippen LogP) is 4.22. The van der Waals surface area contributed by atoms with Gasteiger partial charge in [-0.2, -0.15) is 0 Å². The van der Waals surface area contributed by atoms with Crippen LogP contribution in [0.3, 0.4) is 0 Å². The number of carbonyl (C=O) groups is 1. The van der Waals surface area contributed by atoms with Crippen LogP contribution in [-0.4, -0.2) is 26.6 Å². The third-order valence-electron chi connectivity index (χ3n) is 4.54. The lowest BCUT2D eigenvalue weighted by Crippen LogP contribution is -2.45. The molecule has 0 bridgehead atoms.